The van der Waals surface area contributed by atoms with Crippen LogP contribution in [-0.4, -0.2) is 37.0 Å². The van der Waals surface area contributed by atoms with Crippen molar-refractivity contribution in [2.24, 2.45) is 46.3 Å². The van der Waals surface area contributed by atoms with Gasteiger partial charge < -0.3 is 14.6 Å². The summed E-state index contributed by atoms with van der Waals surface area (Å²) in [6.07, 6.45) is 9.73. The summed E-state index contributed by atoms with van der Waals surface area (Å²) in [7, 11) is 3.37. The number of methoxy groups -OCH3 is 2. The predicted molar refractivity (Wildman–Crippen MR) is 116 cm³/mol. The molecule has 5 rings (SSSR count). The molecule has 0 bridgehead atoms. The lowest BCUT2D eigenvalue weighted by Gasteiger charge is -2.61. The molecule has 0 spiro atoms. The maximum absolute atomic E-state index is 12.2. The van der Waals surface area contributed by atoms with Crippen LogP contribution in [-0.2, 0) is 14.3 Å². The summed E-state index contributed by atoms with van der Waals surface area (Å²) in [5.74, 6) is 3.92. The zero-order valence-corrected chi connectivity index (χ0v) is 19.4. The van der Waals surface area contributed by atoms with E-state index < -0.39 is 5.60 Å². The summed E-state index contributed by atoms with van der Waals surface area (Å²) < 4.78 is 10.9. The lowest BCUT2D eigenvalue weighted by atomic mass is 9.44. The second kappa shape index (κ2) is 6.89. The van der Waals surface area contributed by atoms with E-state index in [9.17, 15) is 9.90 Å². The number of fused-ring (bicyclic) bond motifs is 7. The van der Waals surface area contributed by atoms with Gasteiger partial charge in [0.25, 0.3) is 0 Å². The molecule has 30 heavy (non-hydrogen) atoms. The number of hydrogen-bond acceptors (Lipinski definition) is 4. The maximum atomic E-state index is 12.2. The number of rotatable bonds is 5. The van der Waals surface area contributed by atoms with E-state index >= 15 is 0 Å². The molecule has 1 N–H and O–H groups in total. The van der Waals surface area contributed by atoms with Crippen molar-refractivity contribution >= 4 is 5.78 Å². The number of carbonyl (C=O) groups excluding carboxylic acids is 1. The quantitative estimate of drug-likeness (QED) is 0.657. The first-order valence-corrected chi connectivity index (χ1v) is 12.2. The number of carbonyl (C=O) groups is 1. The Morgan fingerprint density at radius 2 is 1.83 bits per heavy atom. The highest BCUT2D eigenvalue weighted by molar-refractivity contribution is 5.91. The third-order valence-electron chi connectivity index (χ3n) is 10.7. The summed E-state index contributed by atoms with van der Waals surface area (Å²) in [5.41, 5.74) is 1.02. The number of hydrogen-bond donors (Lipinski definition) is 1. The fraction of sp³-hybridized carbons (Fsp3) is 0.885. The normalized spacial score (nSPS) is 51.7. The van der Waals surface area contributed by atoms with Crippen LogP contribution in [0, 0.1) is 46.3 Å². The van der Waals surface area contributed by atoms with Gasteiger partial charge in [-0.1, -0.05) is 26.3 Å². The zero-order chi connectivity index (χ0) is 21.5. The average Bonchev–Trinajstić information content (AvgIpc) is 3.47. The van der Waals surface area contributed by atoms with E-state index in [1.54, 1.807) is 14.2 Å². The molecule has 0 aromatic rings. The predicted octanol–water partition coefficient (Wildman–Crippen LogP) is 4.75. The molecule has 3 unspecified atom stereocenters. The highest BCUT2D eigenvalue weighted by atomic mass is 16.7. The van der Waals surface area contributed by atoms with Gasteiger partial charge in [0, 0.05) is 27.1 Å². The molecule has 0 amide bonds. The van der Waals surface area contributed by atoms with Crippen LogP contribution in [0.25, 0.3) is 0 Å². The highest BCUT2D eigenvalue weighted by Gasteiger charge is 2.76. The lowest BCUT2D eigenvalue weighted by Crippen LogP contribution is -2.57. The van der Waals surface area contributed by atoms with Gasteiger partial charge in [-0.2, -0.15) is 0 Å². The van der Waals surface area contributed by atoms with Crippen molar-refractivity contribution in [3.63, 3.8) is 0 Å². The molecule has 168 valence electrons. The monoisotopic (exact) mass is 416 g/mol. The second-order valence-electron chi connectivity index (χ2n) is 11.7. The molecule has 0 heterocycles. The Bertz CT molecular complexity index is 756. The maximum Gasteiger partial charge on any atom is 0.156 e. The summed E-state index contributed by atoms with van der Waals surface area (Å²) in [5, 5.41) is 12.1. The zero-order valence-electron chi connectivity index (χ0n) is 19.4. The van der Waals surface area contributed by atoms with Crippen molar-refractivity contribution in [2.45, 2.75) is 84.0 Å². The van der Waals surface area contributed by atoms with Crippen LogP contribution in [0.15, 0.2) is 11.6 Å². The average molecular weight is 417 g/mol. The van der Waals surface area contributed by atoms with Crippen LogP contribution in [0.4, 0.5) is 0 Å². The van der Waals surface area contributed by atoms with Crippen LogP contribution < -0.4 is 0 Å². The van der Waals surface area contributed by atoms with Crippen molar-refractivity contribution in [1.29, 1.82) is 0 Å². The smallest absolute Gasteiger partial charge is 0.156 e. The van der Waals surface area contributed by atoms with Crippen LogP contribution in [0.3, 0.4) is 0 Å². The van der Waals surface area contributed by atoms with E-state index in [4.69, 9.17) is 9.47 Å². The van der Waals surface area contributed by atoms with Crippen molar-refractivity contribution in [3.8, 4) is 0 Å². The van der Waals surface area contributed by atoms with E-state index in [0.717, 1.165) is 25.7 Å². The molecular weight excluding hydrogens is 376 g/mol. The van der Waals surface area contributed by atoms with Gasteiger partial charge in [0.05, 0.1) is 5.60 Å². The fourth-order valence-electron chi connectivity index (χ4n) is 9.26. The number of allylic oxidation sites excluding steroid dienone is 1. The Labute approximate surface area is 181 Å². The summed E-state index contributed by atoms with van der Waals surface area (Å²) in [4.78, 5) is 12.2. The first-order valence-electron chi connectivity index (χ1n) is 12.2. The topological polar surface area (TPSA) is 55.8 Å². The molecule has 9 atom stereocenters. The van der Waals surface area contributed by atoms with Crippen LogP contribution in [0.5, 0.6) is 0 Å². The van der Waals surface area contributed by atoms with Gasteiger partial charge in [0.1, 0.15) is 0 Å². The summed E-state index contributed by atoms with van der Waals surface area (Å²) in [6.45, 7) is 7.20. The first-order chi connectivity index (χ1) is 14.2. The SMILES string of the molecule is COC(CC[C@]1(O)[C@H]2C[C@H]2C2C3C[C@H](C)C4=CC(=O)CC[C@]4(C)C3CC[C@@]21C)OC. The van der Waals surface area contributed by atoms with E-state index in [1.165, 1.54) is 24.8 Å². The minimum absolute atomic E-state index is 0.00440. The summed E-state index contributed by atoms with van der Waals surface area (Å²) in [6, 6.07) is 0. The number of ketones is 1. The molecule has 4 heteroatoms. The molecule has 0 radical (unpaired) electrons. The van der Waals surface area contributed by atoms with Crippen molar-refractivity contribution < 1.29 is 19.4 Å². The summed E-state index contributed by atoms with van der Waals surface area (Å²) >= 11 is 0. The largest absolute Gasteiger partial charge is 0.389 e. The Balaban J connectivity index is 1.45. The van der Waals surface area contributed by atoms with Gasteiger partial charge in [-0.05, 0) is 90.9 Å². The fourth-order valence-corrected chi connectivity index (χ4v) is 9.26. The van der Waals surface area contributed by atoms with Gasteiger partial charge in [0.15, 0.2) is 12.1 Å². The lowest BCUT2D eigenvalue weighted by molar-refractivity contribution is -0.169. The molecule has 0 saturated heterocycles. The van der Waals surface area contributed by atoms with Crippen molar-refractivity contribution in [3.05, 3.63) is 11.6 Å². The molecule has 4 saturated carbocycles. The molecule has 4 nitrogen and oxygen atoms in total. The molecule has 0 aromatic heterocycles. The molecule has 0 aliphatic heterocycles. The Kier molecular flexibility index (Phi) is 4.86. The van der Waals surface area contributed by atoms with Gasteiger partial charge in [-0.15, -0.1) is 0 Å². The molecular formula is C26H40O4. The van der Waals surface area contributed by atoms with Crippen molar-refractivity contribution in [1.82, 2.24) is 0 Å². The van der Waals surface area contributed by atoms with Crippen LogP contribution in [0.1, 0.15) is 72.1 Å². The minimum Gasteiger partial charge on any atom is -0.389 e. The third kappa shape index (κ3) is 2.65. The number of ether oxygens (including phenoxy) is 2. The number of aliphatic hydroxyl groups is 1. The standard InChI is InChI=1S/C26H40O4/c1-15-12-17-19(24(2)9-6-16(27)13-20(15)24)7-10-25(3)23(17)18-14-21(18)26(25,28)11-8-22(29-4)30-5/h13,15,17-19,21-23,28H,6-12,14H2,1-5H3/t15-,17?,18+,19?,21-,23?,24+,25-,26-/m0/s1. The van der Waals surface area contributed by atoms with E-state index in [1.807, 2.05) is 6.08 Å². The Hall–Kier alpha value is -0.710. The van der Waals surface area contributed by atoms with Crippen LogP contribution >= 0.6 is 0 Å². The Morgan fingerprint density at radius 3 is 2.53 bits per heavy atom. The van der Waals surface area contributed by atoms with E-state index in [2.05, 4.69) is 20.8 Å². The van der Waals surface area contributed by atoms with Gasteiger partial charge in [-0.3, -0.25) is 4.79 Å². The van der Waals surface area contributed by atoms with E-state index in [0.29, 0.717) is 47.7 Å². The van der Waals surface area contributed by atoms with Crippen LogP contribution in [0.2, 0.25) is 0 Å². The van der Waals surface area contributed by atoms with Gasteiger partial charge in [-0.25, -0.2) is 0 Å². The Morgan fingerprint density at radius 1 is 1.13 bits per heavy atom. The highest BCUT2D eigenvalue weighted by Crippen LogP contribution is 2.77. The minimum atomic E-state index is -0.592. The van der Waals surface area contributed by atoms with Gasteiger partial charge in [0.2, 0.25) is 0 Å². The van der Waals surface area contributed by atoms with Crippen molar-refractivity contribution in [2.75, 3.05) is 14.2 Å². The molecule has 5 aliphatic carbocycles. The molecule has 4 fully saturated rings. The van der Waals surface area contributed by atoms with E-state index in [-0.39, 0.29) is 17.1 Å². The molecule has 0 aromatic carbocycles. The molecule has 5 aliphatic rings. The third-order valence-corrected chi connectivity index (χ3v) is 10.7. The first kappa shape index (κ1) is 21.2. The van der Waals surface area contributed by atoms with Gasteiger partial charge >= 0.3 is 0 Å². The second-order valence-corrected chi connectivity index (χ2v) is 11.7.